The number of nitrogens with two attached hydrogens (primary N) is 1. The maximum Gasteiger partial charge on any atom is 0.255 e. The zero-order valence-electron chi connectivity index (χ0n) is 14.3. The van der Waals surface area contributed by atoms with Crippen molar-refractivity contribution in [1.29, 1.82) is 0 Å². The number of rotatable bonds is 7. The van der Waals surface area contributed by atoms with Gasteiger partial charge in [0.2, 0.25) is 0 Å². The van der Waals surface area contributed by atoms with E-state index in [2.05, 4.69) is 10.2 Å². The molecular weight excluding hydrogens is 330 g/mol. The summed E-state index contributed by atoms with van der Waals surface area (Å²) in [5.74, 6) is 0.308. The Kier molecular flexibility index (Phi) is 7.30. The van der Waals surface area contributed by atoms with E-state index in [4.69, 9.17) is 26.8 Å². The third kappa shape index (κ3) is 4.83. The number of benzene rings is 1. The first kappa shape index (κ1) is 19.0. The standard InChI is InChI=1S/C17H26ClN3O3/c1-23-15-5-4-12(18)10-13(15)17(22)20-14-6-9-21(8-3-7-19)11-16(14)24-2/h4-5,10,14,16H,3,6-9,11,19H2,1-2H3,(H,20,22). The number of nitrogens with one attached hydrogen (secondary N) is 1. The Balaban J connectivity index is 2.02. The lowest BCUT2D eigenvalue weighted by molar-refractivity contribution is 0.00631. The highest BCUT2D eigenvalue weighted by Crippen LogP contribution is 2.23. The molecule has 1 aromatic rings. The average molecular weight is 356 g/mol. The van der Waals surface area contributed by atoms with Gasteiger partial charge in [-0.2, -0.15) is 0 Å². The normalized spacial score (nSPS) is 21.5. The van der Waals surface area contributed by atoms with Crippen LogP contribution < -0.4 is 15.8 Å². The lowest BCUT2D eigenvalue weighted by atomic mass is 10.0. The van der Waals surface area contributed by atoms with Crippen LogP contribution >= 0.6 is 11.6 Å². The van der Waals surface area contributed by atoms with Crippen LogP contribution in [0.25, 0.3) is 0 Å². The number of hydrogen-bond acceptors (Lipinski definition) is 5. The van der Waals surface area contributed by atoms with E-state index in [0.29, 0.717) is 22.9 Å². The van der Waals surface area contributed by atoms with Crippen molar-refractivity contribution in [2.45, 2.75) is 25.0 Å². The Morgan fingerprint density at radius 1 is 1.46 bits per heavy atom. The summed E-state index contributed by atoms with van der Waals surface area (Å²) in [4.78, 5) is 14.9. The fourth-order valence-electron chi connectivity index (χ4n) is 3.01. The summed E-state index contributed by atoms with van der Waals surface area (Å²) in [5, 5.41) is 3.56. The van der Waals surface area contributed by atoms with Gasteiger partial charge < -0.3 is 25.4 Å². The summed E-state index contributed by atoms with van der Waals surface area (Å²) in [7, 11) is 3.21. The van der Waals surface area contributed by atoms with Crippen LogP contribution in [0.2, 0.25) is 5.02 Å². The van der Waals surface area contributed by atoms with Crippen LogP contribution in [0.15, 0.2) is 18.2 Å². The highest BCUT2D eigenvalue weighted by atomic mass is 35.5. The van der Waals surface area contributed by atoms with Crippen molar-refractivity contribution >= 4 is 17.5 Å². The molecule has 1 fully saturated rings. The SMILES string of the molecule is COc1ccc(Cl)cc1C(=O)NC1CCN(CCCN)CC1OC. The zero-order chi connectivity index (χ0) is 17.5. The number of ether oxygens (including phenoxy) is 2. The number of methoxy groups -OCH3 is 2. The van der Waals surface area contributed by atoms with E-state index in [1.54, 1.807) is 25.3 Å². The van der Waals surface area contributed by atoms with Gasteiger partial charge in [-0.1, -0.05) is 11.6 Å². The lowest BCUT2D eigenvalue weighted by Gasteiger charge is -2.38. The van der Waals surface area contributed by atoms with Gasteiger partial charge in [-0.3, -0.25) is 4.79 Å². The maximum absolute atomic E-state index is 12.6. The molecule has 0 saturated carbocycles. The van der Waals surface area contributed by atoms with E-state index in [1.165, 1.54) is 7.11 Å². The smallest absolute Gasteiger partial charge is 0.255 e. The van der Waals surface area contributed by atoms with Crippen LogP contribution in [-0.4, -0.2) is 63.4 Å². The molecule has 7 heteroatoms. The minimum absolute atomic E-state index is 0.0414. The minimum Gasteiger partial charge on any atom is -0.496 e. The third-order valence-electron chi connectivity index (χ3n) is 4.35. The maximum atomic E-state index is 12.6. The van der Waals surface area contributed by atoms with E-state index in [-0.39, 0.29) is 18.1 Å². The Morgan fingerprint density at radius 2 is 2.25 bits per heavy atom. The largest absolute Gasteiger partial charge is 0.496 e. The molecule has 0 aliphatic carbocycles. The van der Waals surface area contributed by atoms with Crippen molar-refractivity contribution in [3.05, 3.63) is 28.8 Å². The van der Waals surface area contributed by atoms with Crippen LogP contribution in [0.1, 0.15) is 23.2 Å². The summed E-state index contributed by atoms with van der Waals surface area (Å²) in [6.07, 6.45) is 1.75. The van der Waals surface area contributed by atoms with Crippen molar-refractivity contribution in [3.8, 4) is 5.75 Å². The van der Waals surface area contributed by atoms with E-state index in [1.807, 2.05) is 0 Å². The van der Waals surface area contributed by atoms with E-state index in [9.17, 15) is 4.79 Å². The second kappa shape index (κ2) is 9.22. The summed E-state index contributed by atoms with van der Waals surface area (Å²) < 4.78 is 10.8. The van der Waals surface area contributed by atoms with E-state index in [0.717, 1.165) is 32.5 Å². The van der Waals surface area contributed by atoms with Crippen LogP contribution in [0.4, 0.5) is 0 Å². The zero-order valence-corrected chi connectivity index (χ0v) is 15.0. The molecule has 2 unspecified atom stereocenters. The van der Waals surface area contributed by atoms with Gasteiger partial charge in [0.25, 0.3) is 5.91 Å². The fourth-order valence-corrected chi connectivity index (χ4v) is 3.18. The first-order chi connectivity index (χ1) is 11.6. The Labute approximate surface area is 148 Å². The molecular formula is C17H26ClN3O3. The van der Waals surface area contributed by atoms with Gasteiger partial charge in [0.05, 0.1) is 24.8 Å². The summed E-state index contributed by atoms with van der Waals surface area (Å²) >= 11 is 6.01. The number of likely N-dealkylation sites (tertiary alicyclic amines) is 1. The van der Waals surface area contributed by atoms with E-state index >= 15 is 0 Å². The molecule has 0 spiro atoms. The summed E-state index contributed by atoms with van der Waals surface area (Å²) in [6.45, 7) is 3.34. The second-order valence-corrected chi connectivity index (χ2v) is 6.37. The summed E-state index contributed by atoms with van der Waals surface area (Å²) in [5.41, 5.74) is 6.01. The van der Waals surface area contributed by atoms with Crippen LogP contribution in [0.3, 0.4) is 0 Å². The fraction of sp³-hybridized carbons (Fsp3) is 0.588. The Morgan fingerprint density at radius 3 is 2.92 bits per heavy atom. The first-order valence-electron chi connectivity index (χ1n) is 8.18. The number of hydrogen-bond donors (Lipinski definition) is 2. The first-order valence-corrected chi connectivity index (χ1v) is 8.56. The molecule has 1 saturated heterocycles. The number of halogens is 1. The molecule has 1 aromatic carbocycles. The van der Waals surface area contributed by atoms with Crippen molar-refractivity contribution < 1.29 is 14.3 Å². The van der Waals surface area contributed by atoms with E-state index < -0.39 is 0 Å². The second-order valence-electron chi connectivity index (χ2n) is 5.93. The molecule has 1 aliphatic heterocycles. The van der Waals surface area contributed by atoms with Gasteiger partial charge in [0, 0.05) is 25.2 Å². The van der Waals surface area contributed by atoms with Crippen LogP contribution in [-0.2, 0) is 4.74 Å². The predicted molar refractivity (Wildman–Crippen MR) is 94.8 cm³/mol. The molecule has 134 valence electrons. The number of carbonyl (C=O) groups excluding carboxylic acids is 1. The molecule has 2 rings (SSSR count). The number of carbonyl (C=O) groups is 1. The van der Waals surface area contributed by atoms with Gasteiger partial charge in [0.15, 0.2) is 0 Å². The van der Waals surface area contributed by atoms with Crippen molar-refractivity contribution in [2.75, 3.05) is 40.4 Å². The van der Waals surface area contributed by atoms with Gasteiger partial charge in [0.1, 0.15) is 5.75 Å². The topological polar surface area (TPSA) is 76.8 Å². The van der Waals surface area contributed by atoms with Gasteiger partial charge in [-0.15, -0.1) is 0 Å². The average Bonchev–Trinajstić information content (AvgIpc) is 2.60. The summed E-state index contributed by atoms with van der Waals surface area (Å²) in [6, 6.07) is 4.97. The van der Waals surface area contributed by atoms with Crippen molar-refractivity contribution in [1.82, 2.24) is 10.2 Å². The number of nitrogens with zero attached hydrogens (tertiary/aromatic N) is 1. The van der Waals surface area contributed by atoms with Crippen molar-refractivity contribution in [2.24, 2.45) is 5.73 Å². The van der Waals surface area contributed by atoms with Crippen molar-refractivity contribution in [3.63, 3.8) is 0 Å². The number of piperidine rings is 1. The molecule has 3 N–H and O–H groups in total. The Hall–Kier alpha value is -1.34. The predicted octanol–water partition coefficient (Wildman–Crippen LogP) is 1.52. The highest BCUT2D eigenvalue weighted by molar-refractivity contribution is 6.31. The third-order valence-corrected chi connectivity index (χ3v) is 4.58. The molecule has 6 nitrogen and oxygen atoms in total. The molecule has 0 aromatic heterocycles. The molecule has 1 aliphatic rings. The van der Waals surface area contributed by atoms with Gasteiger partial charge >= 0.3 is 0 Å². The van der Waals surface area contributed by atoms with Gasteiger partial charge in [-0.25, -0.2) is 0 Å². The van der Waals surface area contributed by atoms with Crippen LogP contribution in [0.5, 0.6) is 5.75 Å². The number of amides is 1. The quantitative estimate of drug-likeness (QED) is 0.775. The monoisotopic (exact) mass is 355 g/mol. The molecule has 1 heterocycles. The molecule has 2 atom stereocenters. The Bertz CT molecular complexity index is 556. The lowest BCUT2D eigenvalue weighted by Crippen LogP contribution is -2.55. The molecule has 0 radical (unpaired) electrons. The van der Waals surface area contributed by atoms with Crippen LogP contribution in [0, 0.1) is 0 Å². The minimum atomic E-state index is -0.197. The molecule has 24 heavy (non-hydrogen) atoms. The van der Waals surface area contributed by atoms with Gasteiger partial charge in [-0.05, 0) is 44.1 Å². The molecule has 0 bridgehead atoms. The molecule has 1 amide bonds. The highest BCUT2D eigenvalue weighted by Gasteiger charge is 2.30.